The minimum absolute atomic E-state index is 0. The summed E-state index contributed by atoms with van der Waals surface area (Å²) in [5.74, 6) is 0.773. The Kier molecular flexibility index (Phi) is 8.79. The van der Waals surface area contributed by atoms with Gasteiger partial charge in [-0.2, -0.15) is 4.58 Å². The van der Waals surface area contributed by atoms with Gasteiger partial charge in [0.15, 0.2) is 11.3 Å². The van der Waals surface area contributed by atoms with Gasteiger partial charge >= 0.3 is 211 Å². The van der Waals surface area contributed by atoms with Gasteiger partial charge in [-0.1, -0.05) is 29.0 Å². The first kappa shape index (κ1) is 35.7. The van der Waals surface area contributed by atoms with Gasteiger partial charge < -0.3 is 34.5 Å². The van der Waals surface area contributed by atoms with Gasteiger partial charge in [0.2, 0.25) is 16.7 Å². The zero-order chi connectivity index (χ0) is 28.9. The number of amidine groups is 2. The van der Waals surface area contributed by atoms with Gasteiger partial charge in [0.05, 0.1) is 16.7 Å². The van der Waals surface area contributed by atoms with Gasteiger partial charge in [0.1, 0.15) is 11.3 Å². The van der Waals surface area contributed by atoms with Crippen molar-refractivity contribution < 1.29 is 223 Å². The second-order valence-corrected chi connectivity index (χ2v) is 12.5. The number of aliphatic imine (C=N–C) groups is 2. The second-order valence-electron chi connectivity index (χ2n) is 10.9. The maximum atomic E-state index is 11.4. The summed E-state index contributed by atoms with van der Waals surface area (Å²) in [6.07, 6.45) is 6.15. The van der Waals surface area contributed by atoms with Gasteiger partial charge in [-0.05, 0) is 11.4 Å². The quantitative estimate of drug-likeness (QED) is 0.0945. The molecule has 0 amide bonds. The van der Waals surface area contributed by atoms with E-state index in [4.69, 9.17) is 25.0 Å². The van der Waals surface area contributed by atoms with E-state index in [1.54, 1.807) is 10.9 Å². The topological polar surface area (TPSA) is 221 Å². The van der Waals surface area contributed by atoms with Crippen LogP contribution in [-0.4, -0.2) is 76.5 Å². The number of fused-ring (bicyclic) bond motifs is 12. The summed E-state index contributed by atoms with van der Waals surface area (Å²) in [4.78, 5) is 52.6. The van der Waals surface area contributed by atoms with Gasteiger partial charge in [0, 0.05) is 39.2 Å². The van der Waals surface area contributed by atoms with E-state index >= 15 is 0 Å². The number of hydrogen-bond acceptors (Lipinski definition) is 11. The predicted octanol–water partition coefficient (Wildman–Crippen LogP) is -15.7. The summed E-state index contributed by atoms with van der Waals surface area (Å²) in [6, 6.07) is 0. The third-order valence-corrected chi connectivity index (χ3v) is 9.65. The fraction of sp³-hybridized carbons (Fsp3) is 0.167. The van der Waals surface area contributed by atoms with Crippen LogP contribution in [0.25, 0.3) is 22.1 Å². The van der Waals surface area contributed by atoms with Crippen LogP contribution in [0.4, 0.5) is 23.1 Å². The van der Waals surface area contributed by atoms with Crippen LogP contribution in [-0.2, 0) is 16.0 Å². The molecule has 0 saturated carbocycles. The van der Waals surface area contributed by atoms with E-state index in [2.05, 4.69) is 29.9 Å². The molecule has 6 aromatic rings. The van der Waals surface area contributed by atoms with Crippen LogP contribution in [0, 0.1) is 0 Å². The molecule has 48 heavy (non-hydrogen) atoms. The SMILES string of the molecule is O=S(=O)([O-])CCC[N+]1=c2c(c3n4c2=Nc2c5nc[n-]c5c5n2[C@]42n4c(c6nc[n-]c6c4=NC4=[N+]2C(=N5)c2nc[n-]c24)=N3)N=C1.[K+].[K+].[K+].[K+]. The summed E-state index contributed by atoms with van der Waals surface area (Å²) in [5, 5.41) is 0.621. The molecule has 0 saturated heterocycles. The van der Waals surface area contributed by atoms with Crippen molar-refractivity contribution >= 4 is 73.3 Å². The largest absolute Gasteiger partial charge is 1.00 e. The molecule has 6 aliphatic heterocycles. The Bertz CT molecular complexity index is 2970. The van der Waals surface area contributed by atoms with E-state index in [9.17, 15) is 13.0 Å². The molecule has 0 radical (unpaired) electrons. The van der Waals surface area contributed by atoms with Crippen LogP contribution < -0.4 is 247 Å². The normalized spacial score (nSPS) is 18.8. The number of imidazole rings is 3. The van der Waals surface area contributed by atoms with E-state index in [1.807, 2.05) is 18.3 Å². The van der Waals surface area contributed by atoms with E-state index in [-0.39, 0.29) is 219 Å². The zero-order valence-electron chi connectivity index (χ0n) is 25.7. The smallest absolute Gasteiger partial charge is 0.748 e. The van der Waals surface area contributed by atoms with Crippen LogP contribution in [0.3, 0.4) is 0 Å². The third-order valence-electron chi connectivity index (χ3n) is 8.86. The minimum atomic E-state index is -4.39. The monoisotopic (exact) mass is 758 g/mol. The molecule has 212 valence electrons. The molecule has 6 aromatic heterocycles. The van der Waals surface area contributed by atoms with Crippen molar-refractivity contribution in [1.82, 2.24) is 48.2 Å². The molecule has 6 aliphatic rings. The number of rotatable bonds is 4. The first-order valence-electron chi connectivity index (χ1n) is 13.4. The molecule has 0 bridgehead atoms. The summed E-state index contributed by atoms with van der Waals surface area (Å²) in [7, 11) is -4.39. The molecule has 0 aliphatic carbocycles. The Morgan fingerprint density at radius 3 is 2.35 bits per heavy atom. The summed E-state index contributed by atoms with van der Waals surface area (Å²) in [6.45, 7) is 0.220. The van der Waals surface area contributed by atoms with E-state index in [0.29, 0.717) is 90.1 Å². The summed E-state index contributed by atoms with van der Waals surface area (Å²) >= 11 is 0. The summed E-state index contributed by atoms with van der Waals surface area (Å²) < 4.78 is 43.9. The van der Waals surface area contributed by atoms with Gasteiger partial charge in [-0.25, -0.2) is 36.7 Å². The van der Waals surface area contributed by atoms with Crippen LogP contribution in [0.2, 0.25) is 0 Å². The average Bonchev–Trinajstić information content (AvgIpc) is 3.82. The molecule has 1 spiro atoms. The van der Waals surface area contributed by atoms with Crippen LogP contribution in [0.5, 0.6) is 0 Å². The molecule has 12 heterocycles. The number of nitrogens with zero attached hydrogens (tertiary/aromatic N) is 16. The fourth-order valence-electron chi connectivity index (χ4n) is 7.35. The van der Waals surface area contributed by atoms with Crippen molar-refractivity contribution in [2.75, 3.05) is 12.3 Å². The Morgan fingerprint density at radius 1 is 0.792 bits per heavy atom. The van der Waals surface area contributed by atoms with Crippen LogP contribution >= 0.6 is 0 Å². The number of aromatic nitrogens is 9. The fourth-order valence-corrected chi connectivity index (χ4v) is 7.84. The van der Waals surface area contributed by atoms with Crippen molar-refractivity contribution in [3.05, 3.63) is 52.2 Å². The molecule has 24 heteroatoms. The molecule has 12 rings (SSSR count). The minimum Gasteiger partial charge on any atom is -0.748 e. The van der Waals surface area contributed by atoms with E-state index in [1.165, 1.54) is 19.0 Å². The molecular weight excluding hydrogens is 749 g/mol. The Hall–Kier alpha value is 0.655. The second kappa shape index (κ2) is 11.8. The van der Waals surface area contributed by atoms with Gasteiger partial charge in [-0.3, -0.25) is 0 Å². The molecule has 0 fully saturated rings. The van der Waals surface area contributed by atoms with Crippen LogP contribution in [0.15, 0.2) is 43.9 Å². The van der Waals surface area contributed by atoms with E-state index in [0.717, 1.165) is 0 Å². The standard InChI is InChI=1S/C24H11N16O3S.4K/c41-44(42,43)3-1-2-36-7-31-14-15(36)23-35-21-13-12(29-6-30-13)19-33-17-9-8(25-4-26-9)16-32-18-10-11(28-5-27-10)20-34-22(14)40(23)24(37(16)17,38(18)20)39(19)21;;;;/h4-7H,1-3H2,(H-,29,30,41,42,43);;;;/q-1;4*+1/p-1/t24-;;;;/m0..../s1. The molecule has 0 N–H and O–H groups in total. The van der Waals surface area contributed by atoms with Crippen molar-refractivity contribution in [1.29, 1.82) is 0 Å². The van der Waals surface area contributed by atoms with Crippen molar-refractivity contribution in [3.8, 4) is 0 Å². The Labute approximate surface area is 436 Å². The van der Waals surface area contributed by atoms with Crippen molar-refractivity contribution in [2.24, 2.45) is 25.0 Å². The summed E-state index contributed by atoms with van der Waals surface area (Å²) in [5.41, 5.74) is 5.48. The Morgan fingerprint density at radius 2 is 1.54 bits per heavy atom. The first-order valence-corrected chi connectivity index (χ1v) is 15.0. The third kappa shape index (κ3) is 4.07. The zero-order valence-corrected chi connectivity index (χ0v) is 39.0. The maximum absolute atomic E-state index is 11.4. The Balaban J connectivity index is 0.000000840. The maximum Gasteiger partial charge on any atom is 1.00 e. The molecular formula is C24H10K4N16O3S+2. The van der Waals surface area contributed by atoms with Crippen molar-refractivity contribution in [2.45, 2.75) is 12.3 Å². The first-order chi connectivity index (χ1) is 21.4. The average molecular weight is 759 g/mol. The molecule has 1 atom stereocenters. The number of hydrogen-bond donors (Lipinski definition) is 0. The molecule has 19 nitrogen and oxygen atoms in total. The molecule has 0 unspecified atom stereocenters. The van der Waals surface area contributed by atoms with Crippen molar-refractivity contribution in [3.63, 3.8) is 0 Å². The van der Waals surface area contributed by atoms with Gasteiger partial charge in [0.25, 0.3) is 23.7 Å². The van der Waals surface area contributed by atoms with E-state index < -0.39 is 21.8 Å². The van der Waals surface area contributed by atoms with Gasteiger partial charge in [-0.15, -0.1) is 0 Å². The predicted molar refractivity (Wildman–Crippen MR) is 143 cm³/mol. The molecule has 0 aromatic carbocycles. The van der Waals surface area contributed by atoms with Crippen LogP contribution in [0.1, 0.15) is 17.8 Å².